The first-order chi connectivity index (χ1) is 10.5. The fourth-order valence-corrected chi connectivity index (χ4v) is 2.06. The summed E-state index contributed by atoms with van der Waals surface area (Å²) >= 11 is 0. The summed E-state index contributed by atoms with van der Waals surface area (Å²) in [7, 11) is 0. The largest absolute Gasteiger partial charge is 0.508 e. The number of benzene rings is 1. The third kappa shape index (κ3) is 4.01. The average Bonchev–Trinajstić information content (AvgIpc) is 2.48. The molecule has 1 aliphatic heterocycles. The van der Waals surface area contributed by atoms with E-state index in [-0.39, 0.29) is 5.75 Å². The van der Waals surface area contributed by atoms with Gasteiger partial charge in [-0.25, -0.2) is 0 Å². The van der Waals surface area contributed by atoms with E-state index in [1.807, 2.05) is 13.8 Å². The molecule has 0 spiro atoms. The molecule has 1 aliphatic rings. The molecule has 22 heavy (non-hydrogen) atoms. The summed E-state index contributed by atoms with van der Waals surface area (Å²) in [6, 6.07) is 6.18. The van der Waals surface area contributed by atoms with Crippen LogP contribution in [-0.4, -0.2) is 23.3 Å². The Hall–Kier alpha value is -2.48. The van der Waals surface area contributed by atoms with Gasteiger partial charge in [0.2, 0.25) is 6.29 Å². The van der Waals surface area contributed by atoms with Gasteiger partial charge < -0.3 is 14.6 Å². The molecule has 5 nitrogen and oxygen atoms in total. The van der Waals surface area contributed by atoms with Gasteiger partial charge in [0, 0.05) is 6.92 Å². The van der Waals surface area contributed by atoms with Crippen molar-refractivity contribution in [2.45, 2.75) is 39.9 Å². The van der Waals surface area contributed by atoms with Crippen molar-refractivity contribution in [3.8, 4) is 17.6 Å². The SMILES string of the molecule is CC.CC#CC(c1ccc(O)cc1)C1C(=O)OC(C)OC1=O. The smallest absolute Gasteiger partial charge is 0.325 e. The number of ether oxygens (including phenoxy) is 2. The van der Waals surface area contributed by atoms with Gasteiger partial charge in [-0.05, 0) is 24.6 Å². The number of carbonyl (C=O) groups is 2. The first kappa shape index (κ1) is 17.6. The normalized spacial score (nSPS) is 21.3. The minimum atomic E-state index is -1.11. The van der Waals surface area contributed by atoms with Crippen molar-refractivity contribution in [3.05, 3.63) is 29.8 Å². The van der Waals surface area contributed by atoms with Crippen LogP contribution in [0.4, 0.5) is 0 Å². The van der Waals surface area contributed by atoms with E-state index in [0.29, 0.717) is 5.56 Å². The van der Waals surface area contributed by atoms with Crippen LogP contribution in [0.25, 0.3) is 0 Å². The number of carbonyl (C=O) groups excluding carboxylic acids is 2. The van der Waals surface area contributed by atoms with Crippen molar-refractivity contribution in [2.75, 3.05) is 0 Å². The highest BCUT2D eigenvalue weighted by atomic mass is 16.7. The summed E-state index contributed by atoms with van der Waals surface area (Å²) in [4.78, 5) is 23.9. The molecule has 0 amide bonds. The maximum Gasteiger partial charge on any atom is 0.325 e. The van der Waals surface area contributed by atoms with Crippen LogP contribution in [-0.2, 0) is 19.1 Å². The molecule has 0 radical (unpaired) electrons. The average molecular weight is 304 g/mol. The van der Waals surface area contributed by atoms with E-state index in [1.54, 1.807) is 19.1 Å². The van der Waals surface area contributed by atoms with Crippen LogP contribution in [0.1, 0.15) is 39.2 Å². The summed E-state index contributed by atoms with van der Waals surface area (Å²) in [6.07, 6.45) is -0.874. The number of rotatable bonds is 2. The van der Waals surface area contributed by atoms with Gasteiger partial charge in [0.05, 0.1) is 5.92 Å². The Morgan fingerprint density at radius 3 is 2.05 bits per heavy atom. The molecular weight excluding hydrogens is 284 g/mol. The number of esters is 2. The zero-order chi connectivity index (χ0) is 16.7. The summed E-state index contributed by atoms with van der Waals surface area (Å²) in [5.74, 6) is 2.57. The number of phenolic OH excluding ortho intramolecular Hbond substituents is 1. The van der Waals surface area contributed by atoms with Crippen LogP contribution >= 0.6 is 0 Å². The molecule has 118 valence electrons. The van der Waals surface area contributed by atoms with Gasteiger partial charge in [0.25, 0.3) is 0 Å². The molecule has 0 aromatic heterocycles. The lowest BCUT2D eigenvalue weighted by atomic mass is 9.86. The van der Waals surface area contributed by atoms with Crippen molar-refractivity contribution in [1.82, 2.24) is 0 Å². The minimum absolute atomic E-state index is 0.0966. The Kier molecular flexibility index (Phi) is 6.46. The molecule has 0 saturated carbocycles. The third-order valence-electron chi connectivity index (χ3n) is 2.96. The highest BCUT2D eigenvalue weighted by Gasteiger charge is 2.43. The molecule has 1 N–H and O–H groups in total. The second-order valence-electron chi connectivity index (χ2n) is 4.38. The molecule has 1 atom stereocenters. The van der Waals surface area contributed by atoms with Crippen LogP contribution in [0.5, 0.6) is 5.75 Å². The molecule has 0 bridgehead atoms. The number of hydrogen-bond donors (Lipinski definition) is 1. The van der Waals surface area contributed by atoms with E-state index < -0.39 is 30.1 Å². The Bertz CT molecular complexity index is 561. The fourth-order valence-electron chi connectivity index (χ4n) is 2.06. The lowest BCUT2D eigenvalue weighted by molar-refractivity contribution is -0.208. The van der Waals surface area contributed by atoms with E-state index in [9.17, 15) is 14.7 Å². The monoisotopic (exact) mass is 304 g/mol. The van der Waals surface area contributed by atoms with Crippen LogP contribution < -0.4 is 0 Å². The van der Waals surface area contributed by atoms with Gasteiger partial charge in [-0.3, -0.25) is 9.59 Å². The van der Waals surface area contributed by atoms with Gasteiger partial charge in [0.15, 0.2) is 5.92 Å². The maximum absolute atomic E-state index is 11.9. The Balaban J connectivity index is 0.00000116. The predicted molar refractivity (Wildman–Crippen MR) is 80.8 cm³/mol. The molecule has 1 heterocycles. The van der Waals surface area contributed by atoms with E-state index in [2.05, 4.69) is 11.8 Å². The number of aromatic hydroxyl groups is 1. The van der Waals surface area contributed by atoms with Crippen LogP contribution in [0, 0.1) is 17.8 Å². The summed E-state index contributed by atoms with van der Waals surface area (Å²) in [5, 5.41) is 9.30. The molecule has 2 rings (SSSR count). The second kappa shape index (κ2) is 8.08. The summed E-state index contributed by atoms with van der Waals surface area (Å²) in [6.45, 7) is 7.10. The molecule has 1 fully saturated rings. The zero-order valence-electron chi connectivity index (χ0n) is 13.1. The molecule has 1 unspecified atom stereocenters. The van der Waals surface area contributed by atoms with Crippen LogP contribution in [0.3, 0.4) is 0 Å². The summed E-state index contributed by atoms with van der Waals surface area (Å²) < 4.78 is 9.89. The molecule has 5 heteroatoms. The predicted octanol–water partition coefficient (Wildman–Crippen LogP) is 2.59. The lowest BCUT2D eigenvalue weighted by Crippen LogP contribution is -2.42. The first-order valence-electron chi connectivity index (χ1n) is 7.15. The van der Waals surface area contributed by atoms with Gasteiger partial charge in [-0.15, -0.1) is 5.92 Å². The molecule has 1 aromatic rings. The van der Waals surface area contributed by atoms with E-state index in [1.165, 1.54) is 19.1 Å². The first-order valence-corrected chi connectivity index (χ1v) is 7.15. The van der Waals surface area contributed by atoms with Crippen molar-refractivity contribution in [2.24, 2.45) is 5.92 Å². The van der Waals surface area contributed by atoms with Gasteiger partial charge in [-0.1, -0.05) is 31.9 Å². The number of phenols is 1. The van der Waals surface area contributed by atoms with Gasteiger partial charge in [0.1, 0.15) is 5.75 Å². The van der Waals surface area contributed by atoms with Crippen LogP contribution in [0.2, 0.25) is 0 Å². The standard InChI is InChI=1S/C15H14O5.C2H6/c1-3-4-12(10-5-7-11(16)8-6-10)13-14(17)19-9(2)20-15(13)18;1-2/h5-9,12-13,16H,1-2H3;1-2H3. The zero-order valence-corrected chi connectivity index (χ0v) is 13.1. The maximum atomic E-state index is 11.9. The molecular formula is C17H20O5. The van der Waals surface area contributed by atoms with Crippen molar-refractivity contribution in [1.29, 1.82) is 0 Å². The topological polar surface area (TPSA) is 72.8 Å². The van der Waals surface area contributed by atoms with Gasteiger partial charge >= 0.3 is 11.9 Å². The number of cyclic esters (lactones) is 2. The van der Waals surface area contributed by atoms with Crippen molar-refractivity contribution >= 4 is 11.9 Å². The quantitative estimate of drug-likeness (QED) is 0.516. The highest BCUT2D eigenvalue weighted by molar-refractivity contribution is 5.98. The summed E-state index contributed by atoms with van der Waals surface area (Å²) in [5.41, 5.74) is 0.644. The minimum Gasteiger partial charge on any atom is -0.508 e. The molecule has 0 aliphatic carbocycles. The Morgan fingerprint density at radius 2 is 1.59 bits per heavy atom. The van der Waals surface area contributed by atoms with E-state index in [4.69, 9.17) is 9.47 Å². The van der Waals surface area contributed by atoms with Crippen molar-refractivity contribution < 1.29 is 24.2 Å². The Labute approximate surface area is 130 Å². The lowest BCUT2D eigenvalue weighted by Gasteiger charge is -2.28. The fraction of sp³-hybridized carbons (Fsp3) is 0.412. The van der Waals surface area contributed by atoms with Crippen molar-refractivity contribution in [3.63, 3.8) is 0 Å². The van der Waals surface area contributed by atoms with E-state index >= 15 is 0 Å². The molecule has 1 saturated heterocycles. The van der Waals surface area contributed by atoms with Crippen LogP contribution in [0.15, 0.2) is 24.3 Å². The third-order valence-corrected chi connectivity index (χ3v) is 2.96. The molecule has 1 aromatic carbocycles. The van der Waals surface area contributed by atoms with E-state index in [0.717, 1.165) is 0 Å². The Morgan fingerprint density at radius 1 is 1.09 bits per heavy atom. The second-order valence-corrected chi connectivity index (χ2v) is 4.38. The van der Waals surface area contributed by atoms with Gasteiger partial charge in [-0.2, -0.15) is 0 Å². The highest BCUT2D eigenvalue weighted by Crippen LogP contribution is 2.30. The number of hydrogen-bond acceptors (Lipinski definition) is 5.